The van der Waals surface area contributed by atoms with E-state index in [1.54, 1.807) is 12.3 Å². The maximum absolute atomic E-state index is 5.71. The average molecular weight is 213 g/mol. The Bertz CT molecular complexity index is 507. The normalized spacial score (nSPS) is 10.8. The first kappa shape index (κ1) is 10.1. The largest absolute Gasteiger partial charge is 0.394 e. The van der Waals surface area contributed by atoms with Gasteiger partial charge in [-0.3, -0.25) is 0 Å². The molecule has 1 aromatic carbocycles. The lowest BCUT2D eigenvalue weighted by Gasteiger charge is -2.00. The molecular weight excluding hydrogens is 202 g/mol. The van der Waals surface area contributed by atoms with Crippen molar-refractivity contribution in [2.45, 2.75) is 0 Å². The van der Waals surface area contributed by atoms with Gasteiger partial charge in [-0.2, -0.15) is 5.11 Å². The molecule has 0 aliphatic heterocycles. The van der Waals surface area contributed by atoms with E-state index in [4.69, 9.17) is 11.5 Å². The molecule has 0 unspecified atom stereocenters. The minimum absolute atomic E-state index is 0.268. The molecule has 1 aromatic heterocycles. The van der Waals surface area contributed by atoms with Crippen molar-refractivity contribution in [3.63, 3.8) is 0 Å². The molecule has 0 saturated carbocycles. The van der Waals surface area contributed by atoms with Crippen molar-refractivity contribution in [3.05, 3.63) is 42.6 Å². The molecule has 0 bridgehead atoms. The van der Waals surface area contributed by atoms with Crippen molar-refractivity contribution in [1.82, 2.24) is 4.98 Å². The molecule has 5 nitrogen and oxygen atoms in total. The Morgan fingerprint density at radius 3 is 2.44 bits per heavy atom. The molecule has 0 saturated heterocycles. The molecule has 16 heavy (non-hydrogen) atoms. The number of benzene rings is 1. The molecular formula is C11H11N5. The molecule has 0 aliphatic rings. The van der Waals surface area contributed by atoms with E-state index >= 15 is 0 Å². The van der Waals surface area contributed by atoms with E-state index in [1.807, 2.05) is 30.3 Å². The smallest absolute Gasteiger partial charge is 0.148 e. The van der Waals surface area contributed by atoms with E-state index in [1.165, 1.54) is 0 Å². The number of nitrogen functional groups attached to an aromatic ring is 2. The van der Waals surface area contributed by atoms with Gasteiger partial charge in [0.1, 0.15) is 17.2 Å². The van der Waals surface area contributed by atoms with Crippen LogP contribution >= 0.6 is 0 Å². The number of rotatable bonds is 2. The van der Waals surface area contributed by atoms with Crippen LogP contribution in [0.15, 0.2) is 52.8 Å². The number of hydrogen-bond donors (Lipinski definition) is 2. The van der Waals surface area contributed by atoms with E-state index in [2.05, 4.69) is 15.2 Å². The molecule has 4 N–H and O–H groups in total. The Morgan fingerprint density at radius 1 is 0.938 bits per heavy atom. The van der Waals surface area contributed by atoms with Crippen LogP contribution in [0.2, 0.25) is 0 Å². The fraction of sp³-hybridized carbons (Fsp3) is 0. The van der Waals surface area contributed by atoms with Gasteiger partial charge in [-0.25, -0.2) is 4.98 Å². The number of nitrogens with two attached hydrogens (primary N) is 2. The zero-order valence-corrected chi connectivity index (χ0v) is 8.54. The SMILES string of the molecule is Nc1nccc(N=Nc2ccccc2)c1N. The first-order chi connectivity index (χ1) is 7.77. The van der Waals surface area contributed by atoms with Crippen molar-refractivity contribution in [2.75, 3.05) is 11.5 Å². The fourth-order valence-electron chi connectivity index (χ4n) is 1.17. The van der Waals surface area contributed by atoms with E-state index in [-0.39, 0.29) is 5.82 Å². The van der Waals surface area contributed by atoms with Crippen LogP contribution in [0.4, 0.5) is 22.9 Å². The van der Waals surface area contributed by atoms with Gasteiger partial charge in [-0.15, -0.1) is 5.11 Å². The monoisotopic (exact) mass is 213 g/mol. The first-order valence-corrected chi connectivity index (χ1v) is 4.74. The number of nitrogens with zero attached hydrogens (tertiary/aromatic N) is 3. The summed E-state index contributed by atoms with van der Waals surface area (Å²) in [7, 11) is 0. The highest BCUT2D eigenvalue weighted by molar-refractivity contribution is 5.72. The predicted molar refractivity (Wildman–Crippen MR) is 63.7 cm³/mol. The molecule has 1 heterocycles. The van der Waals surface area contributed by atoms with E-state index in [0.29, 0.717) is 11.4 Å². The summed E-state index contributed by atoms with van der Waals surface area (Å²) in [5, 5.41) is 8.06. The van der Waals surface area contributed by atoms with Gasteiger partial charge < -0.3 is 11.5 Å². The van der Waals surface area contributed by atoms with Crippen LogP contribution in [-0.4, -0.2) is 4.98 Å². The lowest BCUT2D eigenvalue weighted by Crippen LogP contribution is -1.96. The molecule has 80 valence electrons. The van der Waals surface area contributed by atoms with Crippen LogP contribution in [0.5, 0.6) is 0 Å². The van der Waals surface area contributed by atoms with Crippen LogP contribution in [-0.2, 0) is 0 Å². The van der Waals surface area contributed by atoms with Crippen LogP contribution in [0.1, 0.15) is 0 Å². The molecule has 5 heteroatoms. The highest BCUT2D eigenvalue weighted by Crippen LogP contribution is 2.26. The van der Waals surface area contributed by atoms with Crippen molar-refractivity contribution in [2.24, 2.45) is 10.2 Å². The second-order valence-electron chi connectivity index (χ2n) is 3.16. The number of anilines is 2. The highest BCUT2D eigenvalue weighted by Gasteiger charge is 2.01. The molecule has 2 aromatic rings. The first-order valence-electron chi connectivity index (χ1n) is 4.74. The zero-order valence-electron chi connectivity index (χ0n) is 8.54. The standard InChI is InChI=1S/C11H11N5/c12-10-9(6-7-14-11(10)13)16-15-8-4-2-1-3-5-8/h1-7H,12H2,(H2,13,14). The molecule has 0 atom stereocenters. The fourth-order valence-corrected chi connectivity index (χ4v) is 1.17. The number of aromatic nitrogens is 1. The Balaban J connectivity index is 2.28. The van der Waals surface area contributed by atoms with E-state index in [0.717, 1.165) is 5.69 Å². The van der Waals surface area contributed by atoms with Gasteiger partial charge in [0.05, 0.1) is 5.69 Å². The molecule has 0 spiro atoms. The average Bonchev–Trinajstić information content (AvgIpc) is 2.32. The van der Waals surface area contributed by atoms with Gasteiger partial charge in [0.25, 0.3) is 0 Å². The number of hydrogen-bond acceptors (Lipinski definition) is 5. The van der Waals surface area contributed by atoms with Crippen LogP contribution in [0, 0.1) is 0 Å². The van der Waals surface area contributed by atoms with E-state index < -0.39 is 0 Å². The summed E-state index contributed by atoms with van der Waals surface area (Å²) in [6.45, 7) is 0. The van der Waals surface area contributed by atoms with Crippen molar-refractivity contribution < 1.29 is 0 Å². The van der Waals surface area contributed by atoms with Gasteiger partial charge in [-0.05, 0) is 18.2 Å². The Morgan fingerprint density at radius 2 is 1.69 bits per heavy atom. The van der Waals surface area contributed by atoms with Gasteiger partial charge >= 0.3 is 0 Å². The number of azo groups is 1. The van der Waals surface area contributed by atoms with Crippen LogP contribution < -0.4 is 11.5 Å². The van der Waals surface area contributed by atoms with Crippen molar-refractivity contribution in [3.8, 4) is 0 Å². The van der Waals surface area contributed by atoms with Crippen LogP contribution in [0.25, 0.3) is 0 Å². The molecule has 2 rings (SSSR count). The summed E-state index contributed by atoms with van der Waals surface area (Å²) in [6, 6.07) is 11.1. The maximum atomic E-state index is 5.71. The van der Waals surface area contributed by atoms with Gasteiger partial charge in [0.15, 0.2) is 0 Å². The molecule has 0 radical (unpaired) electrons. The lowest BCUT2D eigenvalue weighted by atomic mass is 10.3. The summed E-state index contributed by atoms with van der Waals surface area (Å²) in [5.74, 6) is 0.268. The van der Waals surface area contributed by atoms with E-state index in [9.17, 15) is 0 Å². The van der Waals surface area contributed by atoms with Gasteiger partial charge in [0.2, 0.25) is 0 Å². The Hall–Kier alpha value is -2.43. The summed E-state index contributed by atoms with van der Waals surface area (Å²) in [6.07, 6.45) is 1.55. The third-order valence-corrected chi connectivity index (χ3v) is 2.03. The quantitative estimate of drug-likeness (QED) is 0.751. The zero-order chi connectivity index (χ0) is 11.4. The minimum Gasteiger partial charge on any atom is -0.394 e. The second kappa shape index (κ2) is 4.39. The minimum atomic E-state index is 0.268. The van der Waals surface area contributed by atoms with Crippen LogP contribution in [0.3, 0.4) is 0 Å². The summed E-state index contributed by atoms with van der Waals surface area (Å²) in [4.78, 5) is 3.85. The predicted octanol–water partition coefficient (Wildman–Crippen LogP) is 2.66. The summed E-state index contributed by atoms with van der Waals surface area (Å²) >= 11 is 0. The molecule has 0 fully saturated rings. The lowest BCUT2D eigenvalue weighted by molar-refractivity contribution is 1.21. The Kier molecular flexibility index (Phi) is 2.77. The topological polar surface area (TPSA) is 89.6 Å². The third kappa shape index (κ3) is 2.14. The van der Waals surface area contributed by atoms with Gasteiger partial charge in [0, 0.05) is 6.20 Å². The van der Waals surface area contributed by atoms with Gasteiger partial charge in [-0.1, -0.05) is 18.2 Å². The number of pyridine rings is 1. The maximum Gasteiger partial charge on any atom is 0.148 e. The molecule has 0 aliphatic carbocycles. The summed E-state index contributed by atoms with van der Waals surface area (Å²) < 4.78 is 0. The molecule has 0 amide bonds. The van der Waals surface area contributed by atoms with Crippen molar-refractivity contribution >= 4 is 22.9 Å². The second-order valence-corrected chi connectivity index (χ2v) is 3.16. The third-order valence-electron chi connectivity index (χ3n) is 2.03. The Labute approximate surface area is 92.8 Å². The summed E-state index contributed by atoms with van der Waals surface area (Å²) in [5.41, 5.74) is 12.9. The van der Waals surface area contributed by atoms with Crippen molar-refractivity contribution in [1.29, 1.82) is 0 Å². The highest BCUT2D eigenvalue weighted by atomic mass is 15.1.